The van der Waals surface area contributed by atoms with Crippen molar-refractivity contribution in [3.63, 3.8) is 0 Å². The van der Waals surface area contributed by atoms with E-state index in [-0.39, 0.29) is 10.8 Å². The van der Waals surface area contributed by atoms with Crippen LogP contribution in [0, 0.1) is 0 Å². The number of benzene rings is 2. The fourth-order valence-electron chi connectivity index (χ4n) is 2.33. The lowest BCUT2D eigenvalue weighted by atomic mass is 10.1. The van der Waals surface area contributed by atoms with Crippen molar-refractivity contribution in [3.8, 4) is 0 Å². The first-order valence-electron chi connectivity index (χ1n) is 6.56. The molecule has 0 aliphatic rings. The van der Waals surface area contributed by atoms with E-state index in [4.69, 9.17) is 0 Å². The van der Waals surface area contributed by atoms with E-state index in [0.29, 0.717) is 5.39 Å². The van der Waals surface area contributed by atoms with Gasteiger partial charge < -0.3 is 4.90 Å². The topological polar surface area (TPSA) is 91.0 Å². The number of hydrogen-bond acceptors (Lipinski definition) is 5. The molecule has 0 spiro atoms. The summed E-state index contributed by atoms with van der Waals surface area (Å²) >= 11 is 0. The van der Waals surface area contributed by atoms with Crippen LogP contribution in [0.2, 0.25) is 0 Å². The zero-order valence-corrected chi connectivity index (χ0v) is 12.9. The zero-order valence-electron chi connectivity index (χ0n) is 12.1. The molecule has 0 aliphatic heterocycles. The molecule has 0 amide bonds. The van der Waals surface area contributed by atoms with Crippen molar-refractivity contribution in [2.45, 2.75) is 4.90 Å². The molecule has 0 saturated carbocycles. The number of rotatable bonds is 4. The van der Waals surface area contributed by atoms with Gasteiger partial charge in [0.1, 0.15) is 6.33 Å². The van der Waals surface area contributed by atoms with Gasteiger partial charge in [-0.2, -0.15) is 10.1 Å². The molecule has 0 unspecified atom stereocenters. The molecule has 8 heteroatoms. The molecule has 7 nitrogen and oxygen atoms in total. The van der Waals surface area contributed by atoms with Crippen molar-refractivity contribution >= 4 is 32.4 Å². The minimum atomic E-state index is -3.75. The van der Waals surface area contributed by atoms with Gasteiger partial charge in [0.2, 0.25) is 5.95 Å². The lowest BCUT2D eigenvalue weighted by Gasteiger charge is -2.16. The summed E-state index contributed by atoms with van der Waals surface area (Å²) in [6.07, 6.45) is 1.24. The van der Waals surface area contributed by atoms with E-state index in [1.165, 1.54) is 6.33 Å². The number of aromatic nitrogens is 3. The van der Waals surface area contributed by atoms with Crippen LogP contribution in [0.15, 0.2) is 47.6 Å². The number of anilines is 2. The van der Waals surface area contributed by atoms with Crippen LogP contribution < -0.4 is 9.62 Å². The maximum Gasteiger partial charge on any atom is 0.264 e. The van der Waals surface area contributed by atoms with Crippen LogP contribution in [0.4, 0.5) is 11.6 Å². The van der Waals surface area contributed by atoms with Crippen molar-refractivity contribution < 1.29 is 8.42 Å². The van der Waals surface area contributed by atoms with Crippen LogP contribution in [-0.2, 0) is 10.0 Å². The molecule has 1 heterocycles. The molecule has 3 aromatic rings. The van der Waals surface area contributed by atoms with Crippen LogP contribution in [-0.4, -0.2) is 37.7 Å². The fourth-order valence-corrected chi connectivity index (χ4v) is 3.51. The van der Waals surface area contributed by atoms with E-state index >= 15 is 0 Å². The summed E-state index contributed by atoms with van der Waals surface area (Å²) < 4.78 is 27.5. The summed E-state index contributed by atoms with van der Waals surface area (Å²) in [5.41, 5.74) is 0.953. The lowest BCUT2D eigenvalue weighted by Crippen LogP contribution is -2.15. The van der Waals surface area contributed by atoms with Crippen molar-refractivity contribution in [1.82, 2.24) is 15.2 Å². The first kappa shape index (κ1) is 14.3. The molecule has 114 valence electrons. The first-order chi connectivity index (χ1) is 10.5. The lowest BCUT2D eigenvalue weighted by molar-refractivity contribution is 0.601. The zero-order chi connectivity index (χ0) is 15.7. The summed E-state index contributed by atoms with van der Waals surface area (Å²) in [7, 11) is 0.0842. The monoisotopic (exact) mass is 317 g/mol. The smallest absolute Gasteiger partial charge is 0.264 e. The van der Waals surface area contributed by atoms with Gasteiger partial charge in [-0.25, -0.2) is 18.2 Å². The maximum absolute atomic E-state index is 12.6. The van der Waals surface area contributed by atoms with Gasteiger partial charge in [0, 0.05) is 30.6 Å². The Kier molecular flexibility index (Phi) is 3.45. The fraction of sp³-hybridized carbons (Fsp3) is 0.143. The van der Waals surface area contributed by atoms with Crippen molar-refractivity contribution in [2.24, 2.45) is 0 Å². The van der Waals surface area contributed by atoms with Gasteiger partial charge in [0.25, 0.3) is 10.0 Å². The molecular weight excluding hydrogens is 302 g/mol. The number of fused-ring (bicyclic) bond motifs is 1. The molecule has 3 rings (SSSR count). The Morgan fingerprint density at radius 3 is 2.50 bits per heavy atom. The summed E-state index contributed by atoms with van der Waals surface area (Å²) in [5, 5.41) is 7.63. The van der Waals surface area contributed by atoms with Gasteiger partial charge in [-0.1, -0.05) is 24.3 Å². The van der Waals surface area contributed by atoms with Gasteiger partial charge in [-0.05, 0) is 12.1 Å². The molecule has 1 aromatic heterocycles. The molecule has 0 aliphatic carbocycles. The SMILES string of the molecule is CN(C)c1cccc2c(S(=O)(=O)Nc3ncn[nH]3)cccc12. The molecule has 0 fully saturated rings. The highest BCUT2D eigenvalue weighted by atomic mass is 32.2. The van der Waals surface area contributed by atoms with Crippen LogP contribution in [0.3, 0.4) is 0 Å². The normalized spacial score (nSPS) is 11.5. The molecule has 0 atom stereocenters. The second-order valence-corrected chi connectivity index (χ2v) is 6.61. The molecule has 0 bridgehead atoms. The van der Waals surface area contributed by atoms with E-state index in [1.807, 2.05) is 37.2 Å². The number of aromatic amines is 1. The number of H-pyrrole nitrogens is 1. The van der Waals surface area contributed by atoms with Crippen molar-refractivity contribution in [2.75, 3.05) is 23.7 Å². The highest BCUT2D eigenvalue weighted by Gasteiger charge is 2.19. The second-order valence-electron chi connectivity index (χ2n) is 4.96. The third kappa shape index (κ3) is 2.48. The molecular formula is C14H15N5O2S. The predicted octanol–water partition coefficient (Wildman–Crippen LogP) is 1.82. The highest BCUT2D eigenvalue weighted by Crippen LogP contribution is 2.30. The molecule has 2 aromatic carbocycles. The minimum absolute atomic E-state index is 0.0840. The van der Waals surface area contributed by atoms with Crippen LogP contribution in [0.5, 0.6) is 0 Å². The average Bonchev–Trinajstić information content (AvgIpc) is 2.98. The maximum atomic E-state index is 12.6. The first-order valence-corrected chi connectivity index (χ1v) is 8.04. The van der Waals surface area contributed by atoms with E-state index in [1.54, 1.807) is 18.2 Å². The standard InChI is InChI=1S/C14H15N5O2S/c1-19(2)12-7-3-6-11-10(12)5-4-8-13(11)22(20,21)18-14-15-9-16-17-14/h3-9H,1-2H3,(H2,15,16,17,18). The summed E-state index contributed by atoms with van der Waals surface area (Å²) in [6.45, 7) is 0. The third-order valence-electron chi connectivity index (χ3n) is 3.28. The predicted molar refractivity (Wildman–Crippen MR) is 85.5 cm³/mol. The Labute approximate surface area is 128 Å². The quantitative estimate of drug-likeness (QED) is 0.766. The third-order valence-corrected chi connectivity index (χ3v) is 4.67. The van der Waals surface area contributed by atoms with Crippen LogP contribution in [0.1, 0.15) is 0 Å². The average molecular weight is 317 g/mol. The summed E-state index contributed by atoms with van der Waals surface area (Å²) in [6, 6.07) is 10.8. The highest BCUT2D eigenvalue weighted by molar-refractivity contribution is 7.93. The van der Waals surface area contributed by atoms with Crippen molar-refractivity contribution in [3.05, 3.63) is 42.7 Å². The van der Waals surface area contributed by atoms with E-state index in [2.05, 4.69) is 19.9 Å². The largest absolute Gasteiger partial charge is 0.377 e. The van der Waals surface area contributed by atoms with Gasteiger partial charge in [-0.15, -0.1) is 0 Å². The van der Waals surface area contributed by atoms with E-state index in [9.17, 15) is 8.42 Å². The summed E-state index contributed by atoms with van der Waals surface area (Å²) in [4.78, 5) is 5.93. The Balaban J connectivity index is 2.17. The van der Waals surface area contributed by atoms with Gasteiger partial charge >= 0.3 is 0 Å². The minimum Gasteiger partial charge on any atom is -0.377 e. The van der Waals surface area contributed by atoms with Crippen molar-refractivity contribution in [1.29, 1.82) is 0 Å². The molecule has 0 radical (unpaired) electrons. The molecule has 22 heavy (non-hydrogen) atoms. The number of nitrogens with zero attached hydrogens (tertiary/aromatic N) is 3. The van der Waals surface area contributed by atoms with Crippen LogP contribution in [0.25, 0.3) is 10.8 Å². The number of hydrogen-bond donors (Lipinski definition) is 2. The Morgan fingerprint density at radius 1 is 1.09 bits per heavy atom. The van der Waals surface area contributed by atoms with Gasteiger partial charge in [0.15, 0.2) is 0 Å². The molecule has 2 N–H and O–H groups in total. The second kappa shape index (κ2) is 5.30. The Bertz CT molecular complexity index is 904. The van der Waals surface area contributed by atoms with E-state index < -0.39 is 10.0 Å². The molecule has 0 saturated heterocycles. The summed E-state index contributed by atoms with van der Waals surface area (Å²) in [5.74, 6) is 0.0840. The Morgan fingerprint density at radius 2 is 1.82 bits per heavy atom. The van der Waals surface area contributed by atoms with Crippen LogP contribution >= 0.6 is 0 Å². The van der Waals surface area contributed by atoms with E-state index in [0.717, 1.165) is 11.1 Å². The van der Waals surface area contributed by atoms with Gasteiger partial charge in [-0.3, -0.25) is 0 Å². The van der Waals surface area contributed by atoms with Gasteiger partial charge in [0.05, 0.1) is 4.90 Å². The Hall–Kier alpha value is -2.61. The number of sulfonamides is 1. The number of nitrogens with one attached hydrogen (secondary N) is 2.